The van der Waals surface area contributed by atoms with Gasteiger partial charge in [-0.05, 0) is 17.7 Å². The van der Waals surface area contributed by atoms with Crippen molar-refractivity contribution in [2.45, 2.75) is 12.6 Å². The third kappa shape index (κ3) is 3.56. The van der Waals surface area contributed by atoms with Gasteiger partial charge in [-0.25, -0.2) is 8.78 Å². The molecule has 0 fully saturated rings. The lowest BCUT2D eigenvalue weighted by atomic mass is 10.2. The molecule has 5 N–H and O–H groups in total. The van der Waals surface area contributed by atoms with Crippen LogP contribution in [0.3, 0.4) is 0 Å². The third-order valence-corrected chi connectivity index (χ3v) is 2.04. The summed E-state index contributed by atoms with van der Waals surface area (Å²) >= 11 is 0. The van der Waals surface area contributed by atoms with Crippen molar-refractivity contribution in [1.82, 2.24) is 5.32 Å². The molecule has 1 unspecified atom stereocenters. The molecule has 1 rings (SSSR count). The van der Waals surface area contributed by atoms with Gasteiger partial charge in [0.2, 0.25) is 5.91 Å². The van der Waals surface area contributed by atoms with Crippen molar-refractivity contribution in [3.05, 3.63) is 35.4 Å². The number of hydrogen-bond donors (Lipinski definition) is 3. The zero-order valence-electron chi connectivity index (χ0n) is 8.54. The average molecular weight is 229 g/mol. The van der Waals surface area contributed by atoms with Gasteiger partial charge >= 0.3 is 0 Å². The van der Waals surface area contributed by atoms with Gasteiger partial charge in [0.1, 0.15) is 0 Å². The van der Waals surface area contributed by atoms with Crippen LogP contribution in [0.5, 0.6) is 0 Å². The van der Waals surface area contributed by atoms with E-state index in [4.69, 9.17) is 11.5 Å². The Morgan fingerprint density at radius 1 is 1.38 bits per heavy atom. The number of benzene rings is 1. The van der Waals surface area contributed by atoms with Crippen LogP contribution in [0.4, 0.5) is 8.78 Å². The van der Waals surface area contributed by atoms with E-state index in [1.807, 2.05) is 0 Å². The maximum Gasteiger partial charge on any atom is 0.235 e. The summed E-state index contributed by atoms with van der Waals surface area (Å²) in [5, 5.41) is 2.81. The van der Waals surface area contributed by atoms with Gasteiger partial charge in [-0.3, -0.25) is 4.79 Å². The number of carbonyl (C=O) groups is 1. The van der Waals surface area contributed by atoms with E-state index in [0.29, 0.717) is 5.56 Å². The normalized spacial score (nSPS) is 12.4. The number of halogens is 2. The Hall–Kier alpha value is -1.53. The average Bonchev–Trinajstić information content (AvgIpc) is 2.23. The van der Waals surface area contributed by atoms with E-state index in [9.17, 15) is 13.6 Å². The number of primary amides is 1. The Labute approximate surface area is 91.6 Å². The van der Waals surface area contributed by atoms with E-state index in [1.54, 1.807) is 0 Å². The molecule has 0 heterocycles. The molecule has 0 aliphatic rings. The van der Waals surface area contributed by atoms with Crippen LogP contribution in [0.25, 0.3) is 0 Å². The Morgan fingerprint density at radius 3 is 2.62 bits per heavy atom. The Bertz CT molecular complexity index is 384. The van der Waals surface area contributed by atoms with Crippen molar-refractivity contribution >= 4 is 5.91 Å². The van der Waals surface area contributed by atoms with E-state index < -0.39 is 23.6 Å². The van der Waals surface area contributed by atoms with Gasteiger partial charge in [-0.1, -0.05) is 6.07 Å². The molecule has 88 valence electrons. The SMILES string of the molecule is NC(=O)C(N)CNCc1ccc(F)c(F)c1. The number of nitrogens with one attached hydrogen (secondary N) is 1. The fourth-order valence-electron chi connectivity index (χ4n) is 1.12. The molecule has 0 saturated carbocycles. The summed E-state index contributed by atoms with van der Waals surface area (Å²) in [6.45, 7) is 0.479. The second-order valence-electron chi connectivity index (χ2n) is 3.39. The quantitative estimate of drug-likeness (QED) is 0.657. The lowest BCUT2D eigenvalue weighted by Crippen LogP contribution is -2.44. The topological polar surface area (TPSA) is 81.1 Å². The highest BCUT2D eigenvalue weighted by Gasteiger charge is 2.08. The highest BCUT2D eigenvalue weighted by atomic mass is 19.2. The van der Waals surface area contributed by atoms with Crippen molar-refractivity contribution in [2.75, 3.05) is 6.54 Å². The van der Waals surface area contributed by atoms with E-state index in [1.165, 1.54) is 6.07 Å². The van der Waals surface area contributed by atoms with Crippen LogP contribution in [0.1, 0.15) is 5.56 Å². The number of hydrogen-bond acceptors (Lipinski definition) is 3. The largest absolute Gasteiger partial charge is 0.368 e. The van der Waals surface area contributed by atoms with Crippen molar-refractivity contribution in [1.29, 1.82) is 0 Å². The summed E-state index contributed by atoms with van der Waals surface area (Å²) in [7, 11) is 0. The first-order chi connectivity index (χ1) is 7.50. The molecule has 0 radical (unpaired) electrons. The van der Waals surface area contributed by atoms with Crippen LogP contribution in [-0.2, 0) is 11.3 Å². The summed E-state index contributed by atoms with van der Waals surface area (Å²) in [4.78, 5) is 10.6. The van der Waals surface area contributed by atoms with Crippen LogP contribution >= 0.6 is 0 Å². The zero-order chi connectivity index (χ0) is 12.1. The van der Waals surface area contributed by atoms with Gasteiger partial charge in [0.05, 0.1) is 6.04 Å². The molecule has 0 aliphatic carbocycles. The number of amides is 1. The molecule has 4 nitrogen and oxygen atoms in total. The minimum atomic E-state index is -0.904. The highest BCUT2D eigenvalue weighted by molar-refractivity contribution is 5.79. The van der Waals surface area contributed by atoms with Gasteiger partial charge in [0.25, 0.3) is 0 Å². The standard InChI is InChI=1S/C10H13F2N3O/c11-7-2-1-6(3-8(7)12)4-15-5-9(13)10(14)16/h1-3,9,15H,4-5,13H2,(H2,14,16). The Kier molecular flexibility index (Phi) is 4.33. The lowest BCUT2D eigenvalue weighted by Gasteiger charge is -2.09. The molecule has 1 amide bonds. The van der Waals surface area contributed by atoms with Crippen molar-refractivity contribution in [2.24, 2.45) is 11.5 Å². The van der Waals surface area contributed by atoms with Crippen molar-refractivity contribution in [3.8, 4) is 0 Å². The molecule has 1 aromatic rings. The molecule has 16 heavy (non-hydrogen) atoms. The molecule has 0 bridgehead atoms. The fraction of sp³-hybridized carbons (Fsp3) is 0.300. The second-order valence-corrected chi connectivity index (χ2v) is 3.39. The predicted molar refractivity (Wildman–Crippen MR) is 55.2 cm³/mol. The molecular formula is C10H13F2N3O. The van der Waals surface area contributed by atoms with E-state index in [-0.39, 0.29) is 13.1 Å². The van der Waals surface area contributed by atoms with Crippen LogP contribution in [-0.4, -0.2) is 18.5 Å². The number of carbonyl (C=O) groups excluding carboxylic acids is 1. The van der Waals surface area contributed by atoms with Gasteiger partial charge in [-0.2, -0.15) is 0 Å². The van der Waals surface area contributed by atoms with Crippen LogP contribution in [0, 0.1) is 11.6 Å². The first-order valence-corrected chi connectivity index (χ1v) is 4.70. The van der Waals surface area contributed by atoms with Gasteiger partial charge < -0.3 is 16.8 Å². The van der Waals surface area contributed by atoms with Crippen LogP contribution < -0.4 is 16.8 Å². The Morgan fingerprint density at radius 2 is 2.06 bits per heavy atom. The molecule has 1 aromatic carbocycles. The minimum absolute atomic E-state index is 0.189. The highest BCUT2D eigenvalue weighted by Crippen LogP contribution is 2.08. The monoisotopic (exact) mass is 229 g/mol. The summed E-state index contributed by atoms with van der Waals surface area (Å²) in [5.74, 6) is -2.41. The van der Waals surface area contributed by atoms with Crippen molar-refractivity contribution in [3.63, 3.8) is 0 Å². The van der Waals surface area contributed by atoms with Crippen molar-refractivity contribution < 1.29 is 13.6 Å². The third-order valence-electron chi connectivity index (χ3n) is 2.04. The number of rotatable bonds is 5. The lowest BCUT2D eigenvalue weighted by molar-refractivity contribution is -0.119. The smallest absolute Gasteiger partial charge is 0.235 e. The van der Waals surface area contributed by atoms with Crippen LogP contribution in [0.15, 0.2) is 18.2 Å². The summed E-state index contributed by atoms with van der Waals surface area (Å²) in [6, 6.07) is 2.78. The van der Waals surface area contributed by atoms with Gasteiger partial charge in [0, 0.05) is 13.1 Å². The molecule has 1 atom stereocenters. The fourth-order valence-corrected chi connectivity index (χ4v) is 1.12. The molecule has 0 saturated heterocycles. The zero-order valence-corrected chi connectivity index (χ0v) is 8.54. The Balaban J connectivity index is 2.43. The van der Waals surface area contributed by atoms with Gasteiger partial charge in [0.15, 0.2) is 11.6 Å². The summed E-state index contributed by atoms with van der Waals surface area (Å²) in [6.07, 6.45) is 0. The second kappa shape index (κ2) is 5.53. The summed E-state index contributed by atoms with van der Waals surface area (Å²) in [5.41, 5.74) is 10.9. The maximum absolute atomic E-state index is 12.8. The molecular weight excluding hydrogens is 216 g/mol. The molecule has 0 spiro atoms. The minimum Gasteiger partial charge on any atom is -0.368 e. The van der Waals surface area contributed by atoms with Crippen LogP contribution in [0.2, 0.25) is 0 Å². The number of nitrogens with two attached hydrogens (primary N) is 2. The predicted octanol–water partition coefficient (Wildman–Crippen LogP) is -0.133. The molecule has 6 heteroatoms. The molecule has 0 aromatic heterocycles. The van der Waals surface area contributed by atoms with E-state index in [0.717, 1.165) is 12.1 Å². The first kappa shape index (κ1) is 12.5. The van der Waals surface area contributed by atoms with E-state index in [2.05, 4.69) is 5.32 Å². The molecule has 0 aliphatic heterocycles. The summed E-state index contributed by atoms with van der Waals surface area (Å²) < 4.78 is 25.4. The maximum atomic E-state index is 12.8. The van der Waals surface area contributed by atoms with Gasteiger partial charge in [-0.15, -0.1) is 0 Å². The van der Waals surface area contributed by atoms with E-state index >= 15 is 0 Å². The first-order valence-electron chi connectivity index (χ1n) is 4.70.